The summed E-state index contributed by atoms with van der Waals surface area (Å²) in [4.78, 5) is 39.0. The number of carbonyl (C=O) groups is 3. The Balaban J connectivity index is 1.47. The van der Waals surface area contributed by atoms with E-state index in [1.54, 1.807) is 0 Å². The predicted octanol–water partition coefficient (Wildman–Crippen LogP) is 0.397. The second kappa shape index (κ2) is 11.9. The lowest BCUT2D eigenvalue weighted by Gasteiger charge is -2.41. The molecule has 0 aliphatic carbocycles. The summed E-state index contributed by atoms with van der Waals surface area (Å²) in [5.41, 5.74) is -3.07. The zero-order chi connectivity index (χ0) is 33.6. The van der Waals surface area contributed by atoms with Crippen LogP contribution in [0.4, 0.5) is 0 Å². The van der Waals surface area contributed by atoms with Crippen LogP contribution in [0.15, 0.2) is 36.4 Å². The molecule has 17 nitrogen and oxygen atoms in total. The maximum Gasteiger partial charge on any atom is 0.339 e. The standard InChI is InChI=1S/C29H24O17/c30-12-3-1-9(5-13(12)31)2-4-17(34)43-8-16-22(37)25-26(29(42)44-16)46-28(41)11-7-15(33)21(36)24(39)19(11)18-10(27(40)45-25)6-14(32)20(35)23(18)38/h1-7,16,22,25-26,29-33,35-39,42H,8H2/b4-2+/t16-,22-,25+,26-,29+/m1/s1. The van der Waals surface area contributed by atoms with Crippen LogP contribution in [0.5, 0.6) is 46.0 Å². The number of carbonyl (C=O) groups excluding carboxylic acids is 3. The topological polar surface area (TPSA) is 290 Å². The first-order valence-electron chi connectivity index (χ1n) is 13.1. The Morgan fingerprint density at radius 1 is 0.717 bits per heavy atom. The fraction of sp³-hybridized carbons (Fsp3) is 0.207. The van der Waals surface area contributed by atoms with Gasteiger partial charge in [-0.3, -0.25) is 0 Å². The van der Waals surface area contributed by atoms with Crippen LogP contribution < -0.4 is 0 Å². The Hall–Kier alpha value is -5.91. The van der Waals surface area contributed by atoms with Crippen LogP contribution in [0, 0.1) is 0 Å². The van der Waals surface area contributed by atoms with Gasteiger partial charge in [0, 0.05) is 17.2 Å². The lowest BCUT2D eigenvalue weighted by Crippen LogP contribution is -2.61. The van der Waals surface area contributed by atoms with Crippen molar-refractivity contribution in [2.75, 3.05) is 6.61 Å². The van der Waals surface area contributed by atoms with Gasteiger partial charge in [-0.1, -0.05) is 6.07 Å². The zero-order valence-corrected chi connectivity index (χ0v) is 23.0. The number of phenolic OH excluding ortho intramolecular Hbond substituents is 8. The van der Waals surface area contributed by atoms with E-state index in [1.807, 2.05) is 0 Å². The van der Waals surface area contributed by atoms with Gasteiger partial charge in [-0.05, 0) is 35.9 Å². The molecular formula is C29H24O17. The molecule has 242 valence electrons. The predicted molar refractivity (Wildman–Crippen MR) is 147 cm³/mol. The number of aliphatic hydroxyl groups excluding tert-OH is 2. The minimum atomic E-state index is -2.16. The molecule has 2 heterocycles. The molecule has 2 aliphatic rings. The van der Waals surface area contributed by atoms with Crippen LogP contribution >= 0.6 is 0 Å². The molecule has 5 rings (SSSR count). The van der Waals surface area contributed by atoms with Gasteiger partial charge in [-0.2, -0.15) is 0 Å². The number of esters is 3. The molecule has 17 heteroatoms. The highest BCUT2D eigenvalue weighted by molar-refractivity contribution is 6.08. The lowest BCUT2D eigenvalue weighted by molar-refractivity contribution is -0.285. The average molecular weight is 644 g/mol. The second-order valence-corrected chi connectivity index (χ2v) is 10.0. The van der Waals surface area contributed by atoms with E-state index < -0.39 is 118 Å². The third-order valence-electron chi connectivity index (χ3n) is 7.12. The van der Waals surface area contributed by atoms with E-state index in [9.17, 15) is 65.4 Å². The highest BCUT2D eigenvalue weighted by Gasteiger charge is 2.51. The van der Waals surface area contributed by atoms with Crippen molar-refractivity contribution in [2.45, 2.75) is 30.7 Å². The van der Waals surface area contributed by atoms with Gasteiger partial charge in [0.1, 0.15) is 18.8 Å². The molecule has 5 atom stereocenters. The molecule has 1 saturated heterocycles. The largest absolute Gasteiger partial charge is 0.504 e. The molecule has 0 bridgehead atoms. The van der Waals surface area contributed by atoms with Crippen LogP contribution in [0.2, 0.25) is 0 Å². The molecule has 0 radical (unpaired) electrons. The Bertz CT molecular complexity index is 1780. The van der Waals surface area contributed by atoms with Gasteiger partial charge in [-0.15, -0.1) is 0 Å². The third kappa shape index (κ3) is 5.56. The number of rotatable bonds is 4. The minimum Gasteiger partial charge on any atom is -0.504 e. The van der Waals surface area contributed by atoms with E-state index in [4.69, 9.17) is 18.9 Å². The molecule has 3 aromatic carbocycles. The maximum atomic E-state index is 13.4. The first-order chi connectivity index (χ1) is 21.7. The Labute approximate surface area is 256 Å². The number of fused-ring (bicyclic) bond motifs is 4. The quantitative estimate of drug-likeness (QED) is 0.0795. The van der Waals surface area contributed by atoms with Gasteiger partial charge in [-0.25, -0.2) is 14.4 Å². The van der Waals surface area contributed by atoms with Gasteiger partial charge in [0.25, 0.3) is 0 Å². The van der Waals surface area contributed by atoms with E-state index in [2.05, 4.69) is 0 Å². The number of benzene rings is 3. The number of phenols is 8. The van der Waals surface area contributed by atoms with E-state index in [-0.39, 0.29) is 5.75 Å². The summed E-state index contributed by atoms with van der Waals surface area (Å²) in [6.45, 7) is -0.757. The summed E-state index contributed by atoms with van der Waals surface area (Å²) in [6, 6.07) is 4.85. The third-order valence-corrected chi connectivity index (χ3v) is 7.12. The molecule has 10 N–H and O–H groups in total. The summed E-state index contributed by atoms with van der Waals surface area (Å²) >= 11 is 0. The van der Waals surface area contributed by atoms with Crippen LogP contribution in [0.1, 0.15) is 26.3 Å². The molecule has 0 saturated carbocycles. The van der Waals surface area contributed by atoms with E-state index in [0.29, 0.717) is 17.7 Å². The van der Waals surface area contributed by atoms with Crippen LogP contribution in [0.25, 0.3) is 17.2 Å². The summed E-state index contributed by atoms with van der Waals surface area (Å²) < 4.78 is 20.8. The summed E-state index contributed by atoms with van der Waals surface area (Å²) in [5, 5.41) is 102. The molecule has 1 fully saturated rings. The van der Waals surface area contributed by atoms with Gasteiger partial charge in [0.15, 0.2) is 53.0 Å². The highest BCUT2D eigenvalue weighted by Crippen LogP contribution is 2.53. The van der Waals surface area contributed by atoms with Crippen molar-refractivity contribution < 1.29 is 84.4 Å². The van der Waals surface area contributed by atoms with Gasteiger partial charge in [0.05, 0.1) is 11.1 Å². The highest BCUT2D eigenvalue weighted by atomic mass is 16.7. The van der Waals surface area contributed by atoms with Crippen LogP contribution in [0.3, 0.4) is 0 Å². The van der Waals surface area contributed by atoms with E-state index in [0.717, 1.165) is 12.1 Å². The number of hydrogen-bond acceptors (Lipinski definition) is 17. The van der Waals surface area contributed by atoms with Crippen LogP contribution in [-0.4, -0.2) is 106 Å². The Kier molecular flexibility index (Phi) is 8.14. The maximum absolute atomic E-state index is 13.4. The molecule has 0 spiro atoms. The Morgan fingerprint density at radius 3 is 1.80 bits per heavy atom. The molecule has 3 aromatic rings. The van der Waals surface area contributed by atoms with Gasteiger partial charge in [0.2, 0.25) is 11.5 Å². The summed E-state index contributed by atoms with van der Waals surface area (Å²) in [6.07, 6.45) is -7.60. The van der Waals surface area contributed by atoms with Crippen molar-refractivity contribution in [3.8, 4) is 57.1 Å². The smallest absolute Gasteiger partial charge is 0.339 e. The van der Waals surface area contributed by atoms with Gasteiger partial charge >= 0.3 is 17.9 Å². The van der Waals surface area contributed by atoms with Crippen molar-refractivity contribution in [1.82, 2.24) is 0 Å². The monoisotopic (exact) mass is 644 g/mol. The molecule has 0 amide bonds. The van der Waals surface area contributed by atoms with Crippen molar-refractivity contribution >= 4 is 24.0 Å². The summed E-state index contributed by atoms with van der Waals surface area (Å²) in [7, 11) is 0. The fourth-order valence-corrected chi connectivity index (χ4v) is 4.82. The molecule has 0 unspecified atom stereocenters. The summed E-state index contributed by atoms with van der Waals surface area (Å²) in [5.74, 6) is -11.9. The average Bonchev–Trinajstić information content (AvgIpc) is 3.01. The fourth-order valence-electron chi connectivity index (χ4n) is 4.82. The van der Waals surface area contributed by atoms with E-state index >= 15 is 0 Å². The van der Waals surface area contributed by atoms with Crippen molar-refractivity contribution in [3.63, 3.8) is 0 Å². The normalized spacial score (nSPS) is 22.6. The van der Waals surface area contributed by atoms with E-state index in [1.165, 1.54) is 18.2 Å². The molecule has 46 heavy (non-hydrogen) atoms. The van der Waals surface area contributed by atoms with Gasteiger partial charge < -0.3 is 70.0 Å². The van der Waals surface area contributed by atoms with Crippen molar-refractivity contribution in [3.05, 3.63) is 53.1 Å². The SMILES string of the molecule is O=C(/C=C/c1ccc(O)c(O)c1)OC[C@H]1O[C@H](O)[C@@H]2OC(=O)c3cc(O)c(O)c(O)c3-c3c(cc(O)c(O)c3O)C(=O)O[C@H]2[C@@H]1O. The molecule has 2 aliphatic heterocycles. The minimum absolute atomic E-state index is 0.304. The Morgan fingerprint density at radius 2 is 1.26 bits per heavy atom. The number of aromatic hydroxyl groups is 8. The number of ether oxygens (including phenoxy) is 4. The van der Waals surface area contributed by atoms with Crippen molar-refractivity contribution in [1.29, 1.82) is 0 Å². The van der Waals surface area contributed by atoms with Crippen LogP contribution in [-0.2, 0) is 23.7 Å². The number of aliphatic hydroxyl groups is 2. The first kappa shape index (κ1) is 31.5. The molecule has 0 aromatic heterocycles. The molecular weight excluding hydrogens is 620 g/mol. The zero-order valence-electron chi connectivity index (χ0n) is 23.0. The first-order valence-corrected chi connectivity index (χ1v) is 13.1. The number of hydrogen-bond donors (Lipinski definition) is 10. The second-order valence-electron chi connectivity index (χ2n) is 10.0. The van der Waals surface area contributed by atoms with Crippen molar-refractivity contribution in [2.24, 2.45) is 0 Å². The lowest BCUT2D eigenvalue weighted by atomic mass is 9.91.